The lowest BCUT2D eigenvalue weighted by Crippen LogP contribution is -2.07. The minimum atomic E-state index is -0.994. The summed E-state index contributed by atoms with van der Waals surface area (Å²) in [5.41, 5.74) is 3.16. The molecule has 0 saturated heterocycles. The number of ketones is 1. The first-order chi connectivity index (χ1) is 13.5. The lowest BCUT2D eigenvalue weighted by Gasteiger charge is -2.06. The minimum Gasteiger partial charge on any atom is -0.478 e. The first kappa shape index (κ1) is 18.2. The summed E-state index contributed by atoms with van der Waals surface area (Å²) in [6.07, 6.45) is 4.53. The Morgan fingerprint density at radius 3 is 2.29 bits per heavy atom. The third kappa shape index (κ3) is 3.05. The molecule has 28 heavy (non-hydrogen) atoms. The van der Waals surface area contributed by atoms with E-state index in [0.717, 1.165) is 16.6 Å². The van der Waals surface area contributed by atoms with Crippen LogP contribution in [-0.4, -0.2) is 26.2 Å². The van der Waals surface area contributed by atoms with E-state index in [-0.39, 0.29) is 27.0 Å². The molecule has 5 nitrogen and oxygen atoms in total. The molecule has 3 aromatic heterocycles. The lowest BCUT2D eigenvalue weighted by molar-refractivity contribution is 0.0696. The van der Waals surface area contributed by atoms with Gasteiger partial charge in [0.1, 0.15) is 0 Å². The van der Waals surface area contributed by atoms with Gasteiger partial charge in [0.15, 0.2) is 0 Å². The normalized spacial score (nSPS) is 10.9. The molecule has 0 unspecified atom stereocenters. The van der Waals surface area contributed by atoms with Gasteiger partial charge in [0.05, 0.1) is 32.4 Å². The topological polar surface area (TPSA) is 71.7 Å². The summed E-state index contributed by atoms with van der Waals surface area (Å²) < 4.78 is 1.76. The minimum absolute atomic E-state index is 0.177. The van der Waals surface area contributed by atoms with Crippen LogP contribution in [0.25, 0.3) is 16.6 Å². The van der Waals surface area contributed by atoms with Crippen LogP contribution in [0.15, 0.2) is 67.1 Å². The second-order valence-corrected chi connectivity index (χ2v) is 6.90. The Hall–Kier alpha value is -3.15. The maximum atomic E-state index is 13.2. The number of carboxylic acids is 1. The van der Waals surface area contributed by atoms with Crippen LogP contribution in [-0.2, 0) is 0 Å². The van der Waals surface area contributed by atoms with Crippen molar-refractivity contribution in [1.29, 1.82) is 0 Å². The number of rotatable bonds is 4. The van der Waals surface area contributed by atoms with Crippen molar-refractivity contribution in [2.75, 3.05) is 0 Å². The predicted octanol–water partition coefficient (Wildman–Crippen LogP) is 5.24. The first-order valence-corrected chi connectivity index (χ1v) is 9.00. The molecular formula is C21H12Cl2N2O3. The SMILES string of the molecule is O=C(O)c1ccc(-c2cc(C(=O)c3c(Cl)cncc3Cl)n3ccccc23)cc1. The van der Waals surface area contributed by atoms with Crippen LogP contribution in [0, 0.1) is 0 Å². The number of hydrogen-bond acceptors (Lipinski definition) is 3. The van der Waals surface area contributed by atoms with Gasteiger partial charge in [-0.2, -0.15) is 0 Å². The van der Waals surface area contributed by atoms with Crippen molar-refractivity contribution in [2.45, 2.75) is 0 Å². The van der Waals surface area contributed by atoms with Crippen molar-refractivity contribution in [3.63, 3.8) is 0 Å². The van der Waals surface area contributed by atoms with Gasteiger partial charge in [-0.25, -0.2) is 4.79 Å². The van der Waals surface area contributed by atoms with Gasteiger partial charge in [-0.05, 0) is 35.9 Å². The van der Waals surface area contributed by atoms with Gasteiger partial charge >= 0.3 is 5.97 Å². The molecule has 7 heteroatoms. The Bertz CT molecular complexity index is 1210. The van der Waals surface area contributed by atoms with E-state index in [1.807, 2.05) is 18.2 Å². The molecule has 0 saturated carbocycles. The molecule has 3 heterocycles. The molecule has 138 valence electrons. The van der Waals surface area contributed by atoms with E-state index in [9.17, 15) is 9.59 Å². The number of carbonyl (C=O) groups excluding carboxylic acids is 1. The van der Waals surface area contributed by atoms with Crippen LogP contribution in [0.5, 0.6) is 0 Å². The van der Waals surface area contributed by atoms with Gasteiger partial charge < -0.3 is 9.51 Å². The van der Waals surface area contributed by atoms with Crippen LogP contribution in [0.4, 0.5) is 0 Å². The highest BCUT2D eigenvalue weighted by Crippen LogP contribution is 2.32. The Kier molecular flexibility index (Phi) is 4.63. The summed E-state index contributed by atoms with van der Waals surface area (Å²) >= 11 is 12.3. The second-order valence-electron chi connectivity index (χ2n) is 6.09. The van der Waals surface area contributed by atoms with E-state index < -0.39 is 5.97 Å². The van der Waals surface area contributed by atoms with Crippen LogP contribution in [0.3, 0.4) is 0 Å². The first-order valence-electron chi connectivity index (χ1n) is 8.25. The number of carboxylic acid groups (broad SMARTS) is 1. The monoisotopic (exact) mass is 410 g/mol. The molecular weight excluding hydrogens is 399 g/mol. The van der Waals surface area contributed by atoms with Crippen LogP contribution >= 0.6 is 23.2 Å². The third-order valence-electron chi connectivity index (χ3n) is 4.43. The Morgan fingerprint density at radius 1 is 0.964 bits per heavy atom. The van der Waals surface area contributed by atoms with Crippen LogP contribution < -0.4 is 0 Å². The quantitative estimate of drug-likeness (QED) is 0.467. The summed E-state index contributed by atoms with van der Waals surface area (Å²) in [5.74, 6) is -1.32. The van der Waals surface area contributed by atoms with E-state index in [4.69, 9.17) is 28.3 Å². The number of halogens is 2. The summed E-state index contributed by atoms with van der Waals surface area (Å²) in [5, 5.41) is 9.45. The Morgan fingerprint density at radius 2 is 1.64 bits per heavy atom. The molecule has 4 rings (SSSR count). The van der Waals surface area contributed by atoms with E-state index in [1.165, 1.54) is 24.5 Å². The summed E-state index contributed by atoms with van der Waals surface area (Å²) in [6.45, 7) is 0. The maximum absolute atomic E-state index is 13.2. The zero-order valence-corrected chi connectivity index (χ0v) is 15.8. The summed E-state index contributed by atoms with van der Waals surface area (Å²) in [4.78, 5) is 28.2. The molecule has 0 atom stereocenters. The molecule has 1 aromatic carbocycles. The fourth-order valence-corrected chi connectivity index (χ4v) is 3.64. The zero-order valence-electron chi connectivity index (χ0n) is 14.3. The number of carbonyl (C=O) groups is 2. The standard InChI is InChI=1S/C21H12Cl2N2O3/c22-15-10-24-11-16(23)19(15)20(26)18-9-14(17-3-1-2-8-25(17)18)12-4-6-13(7-5-12)21(27)28/h1-11H,(H,27,28). The molecule has 0 fully saturated rings. The molecule has 1 N–H and O–H groups in total. The highest BCUT2D eigenvalue weighted by Gasteiger charge is 2.22. The van der Waals surface area contributed by atoms with E-state index >= 15 is 0 Å². The van der Waals surface area contributed by atoms with Crippen LogP contribution in [0.1, 0.15) is 26.4 Å². The van der Waals surface area contributed by atoms with Crippen molar-refractivity contribution in [1.82, 2.24) is 9.38 Å². The smallest absolute Gasteiger partial charge is 0.335 e. The van der Waals surface area contributed by atoms with Gasteiger partial charge in [0, 0.05) is 24.2 Å². The molecule has 0 bridgehead atoms. The number of aromatic carboxylic acids is 1. The number of pyridine rings is 2. The summed E-state index contributed by atoms with van der Waals surface area (Å²) in [7, 11) is 0. The molecule has 0 spiro atoms. The van der Waals surface area contributed by atoms with Gasteiger partial charge in [0.25, 0.3) is 0 Å². The van der Waals surface area contributed by atoms with Crippen molar-refractivity contribution >= 4 is 40.5 Å². The average Bonchev–Trinajstić information content (AvgIpc) is 3.07. The van der Waals surface area contributed by atoms with Crippen LogP contribution in [0.2, 0.25) is 10.0 Å². The van der Waals surface area contributed by atoms with Crippen molar-refractivity contribution in [2.24, 2.45) is 0 Å². The number of aromatic nitrogens is 2. The molecule has 0 amide bonds. The highest BCUT2D eigenvalue weighted by atomic mass is 35.5. The zero-order chi connectivity index (χ0) is 19.8. The molecule has 0 aliphatic rings. The predicted molar refractivity (Wildman–Crippen MR) is 107 cm³/mol. The average molecular weight is 411 g/mol. The lowest BCUT2D eigenvalue weighted by atomic mass is 10.0. The largest absolute Gasteiger partial charge is 0.478 e. The van der Waals surface area contributed by atoms with Gasteiger partial charge in [-0.15, -0.1) is 0 Å². The number of nitrogens with zero attached hydrogens (tertiary/aromatic N) is 2. The van der Waals surface area contributed by atoms with Crippen molar-refractivity contribution < 1.29 is 14.7 Å². The van der Waals surface area contributed by atoms with E-state index in [1.54, 1.807) is 28.8 Å². The van der Waals surface area contributed by atoms with Crippen molar-refractivity contribution in [3.8, 4) is 11.1 Å². The maximum Gasteiger partial charge on any atom is 0.335 e. The number of hydrogen-bond donors (Lipinski definition) is 1. The fourth-order valence-electron chi connectivity index (χ4n) is 3.11. The highest BCUT2D eigenvalue weighted by molar-refractivity contribution is 6.40. The van der Waals surface area contributed by atoms with E-state index in [2.05, 4.69) is 4.98 Å². The van der Waals surface area contributed by atoms with Gasteiger partial charge in [-0.1, -0.05) is 41.4 Å². The molecule has 0 radical (unpaired) electrons. The summed E-state index contributed by atoms with van der Waals surface area (Å²) in [6, 6.07) is 13.8. The third-order valence-corrected chi connectivity index (χ3v) is 5.01. The Labute approximate surface area is 169 Å². The van der Waals surface area contributed by atoms with E-state index in [0.29, 0.717) is 5.69 Å². The van der Waals surface area contributed by atoms with Gasteiger partial charge in [-0.3, -0.25) is 9.78 Å². The van der Waals surface area contributed by atoms with Crippen molar-refractivity contribution in [3.05, 3.63) is 94.0 Å². The molecule has 4 aromatic rings. The second kappa shape index (κ2) is 7.11. The number of fused-ring (bicyclic) bond motifs is 1. The fraction of sp³-hybridized carbons (Fsp3) is 0. The molecule has 0 aliphatic heterocycles. The van der Waals surface area contributed by atoms with Gasteiger partial charge in [0.2, 0.25) is 5.78 Å². The number of benzene rings is 1. The Balaban J connectivity index is 1.90. The molecule has 0 aliphatic carbocycles.